The molecule has 0 atom stereocenters. The Hall–Kier alpha value is -1.06. The average molecular weight is 194 g/mol. The maximum atomic E-state index is 8.90. The Morgan fingerprint density at radius 3 is 2.71 bits per heavy atom. The van der Waals surface area contributed by atoms with Crippen molar-refractivity contribution in [1.29, 1.82) is 0 Å². The molecular formula is C11H14O3. The first-order valence-electron chi connectivity index (χ1n) is 4.72. The van der Waals surface area contributed by atoms with Gasteiger partial charge in [-0.1, -0.05) is 0 Å². The highest BCUT2D eigenvalue weighted by molar-refractivity contribution is 5.43. The summed E-state index contributed by atoms with van der Waals surface area (Å²) in [6.07, 6.45) is 0.635. The molecule has 0 spiro atoms. The predicted octanol–water partition coefficient (Wildman–Crippen LogP) is 1.26. The van der Waals surface area contributed by atoms with Gasteiger partial charge in [0.2, 0.25) is 0 Å². The molecule has 1 aliphatic rings. The van der Waals surface area contributed by atoms with Crippen LogP contribution in [-0.2, 0) is 24.4 Å². The quantitative estimate of drug-likeness (QED) is 0.787. The normalized spacial score (nSPS) is 14.1. The van der Waals surface area contributed by atoms with Crippen LogP contribution >= 0.6 is 0 Å². The second-order valence-corrected chi connectivity index (χ2v) is 3.40. The average Bonchev–Trinajstić information content (AvgIpc) is 2.64. The van der Waals surface area contributed by atoms with Crippen molar-refractivity contribution < 1.29 is 14.6 Å². The van der Waals surface area contributed by atoms with E-state index in [0.29, 0.717) is 19.6 Å². The van der Waals surface area contributed by atoms with Crippen LogP contribution in [0.2, 0.25) is 0 Å². The summed E-state index contributed by atoms with van der Waals surface area (Å²) in [6, 6.07) is 4.07. The predicted molar refractivity (Wildman–Crippen MR) is 52.3 cm³/mol. The zero-order chi connectivity index (χ0) is 9.97. The molecule has 0 saturated heterocycles. The van der Waals surface area contributed by atoms with E-state index in [1.54, 1.807) is 7.11 Å². The van der Waals surface area contributed by atoms with Gasteiger partial charge in [0.15, 0.2) is 0 Å². The van der Waals surface area contributed by atoms with Crippen LogP contribution in [0.15, 0.2) is 12.1 Å². The van der Waals surface area contributed by atoms with Crippen molar-refractivity contribution in [1.82, 2.24) is 0 Å². The van der Waals surface area contributed by atoms with Crippen LogP contribution in [0.3, 0.4) is 0 Å². The van der Waals surface area contributed by atoms with Crippen LogP contribution in [0.25, 0.3) is 0 Å². The van der Waals surface area contributed by atoms with E-state index in [2.05, 4.69) is 6.07 Å². The Morgan fingerprint density at radius 1 is 1.36 bits per heavy atom. The van der Waals surface area contributed by atoms with Gasteiger partial charge in [0.05, 0.1) is 20.3 Å². The maximum absolute atomic E-state index is 8.90. The Labute approximate surface area is 83.3 Å². The fourth-order valence-electron chi connectivity index (χ4n) is 1.76. The fourth-order valence-corrected chi connectivity index (χ4v) is 1.76. The van der Waals surface area contributed by atoms with Crippen molar-refractivity contribution >= 4 is 0 Å². The van der Waals surface area contributed by atoms with Gasteiger partial charge in [-0.15, -0.1) is 0 Å². The monoisotopic (exact) mass is 194 g/mol. The number of hydrogen-bond donors (Lipinski definition) is 1. The zero-order valence-electron chi connectivity index (χ0n) is 8.25. The second-order valence-electron chi connectivity index (χ2n) is 3.40. The highest BCUT2D eigenvalue weighted by Crippen LogP contribution is 2.28. The van der Waals surface area contributed by atoms with Crippen molar-refractivity contribution in [3.8, 4) is 5.75 Å². The van der Waals surface area contributed by atoms with Crippen LogP contribution in [0.5, 0.6) is 5.75 Å². The second kappa shape index (κ2) is 3.98. The Kier molecular flexibility index (Phi) is 2.70. The van der Waals surface area contributed by atoms with Crippen LogP contribution in [-0.4, -0.2) is 18.8 Å². The van der Waals surface area contributed by atoms with Crippen molar-refractivity contribution in [2.45, 2.75) is 19.6 Å². The lowest BCUT2D eigenvalue weighted by atomic mass is 10.0. The summed E-state index contributed by atoms with van der Waals surface area (Å²) in [5.74, 6) is 0.850. The zero-order valence-corrected chi connectivity index (χ0v) is 8.25. The van der Waals surface area contributed by atoms with Gasteiger partial charge in [-0.3, -0.25) is 0 Å². The Morgan fingerprint density at radius 2 is 2.07 bits per heavy atom. The molecular weight excluding hydrogens is 180 g/mol. The molecule has 0 unspecified atom stereocenters. The van der Waals surface area contributed by atoms with Crippen molar-refractivity contribution in [3.05, 3.63) is 28.8 Å². The Balaban J connectivity index is 2.38. The van der Waals surface area contributed by atoms with Gasteiger partial charge in [0.25, 0.3) is 0 Å². The molecule has 1 aliphatic heterocycles. The van der Waals surface area contributed by atoms with E-state index in [1.165, 1.54) is 11.1 Å². The molecule has 1 aromatic rings. The molecule has 1 N–H and O–H groups in total. The maximum Gasteiger partial charge on any atom is 0.122 e. The highest BCUT2D eigenvalue weighted by atomic mass is 16.5. The summed E-state index contributed by atoms with van der Waals surface area (Å²) in [4.78, 5) is 0. The SMILES string of the molecule is COc1cc2c(cc1CCO)COC2. The van der Waals surface area contributed by atoms with Gasteiger partial charge in [-0.25, -0.2) is 0 Å². The molecule has 1 heterocycles. The summed E-state index contributed by atoms with van der Waals surface area (Å²) in [5, 5.41) is 8.90. The minimum Gasteiger partial charge on any atom is -0.496 e. The van der Waals surface area contributed by atoms with Gasteiger partial charge in [0.1, 0.15) is 5.75 Å². The first-order valence-corrected chi connectivity index (χ1v) is 4.72. The number of ether oxygens (including phenoxy) is 2. The van der Waals surface area contributed by atoms with Gasteiger partial charge in [-0.05, 0) is 35.2 Å². The van der Waals surface area contributed by atoms with Gasteiger partial charge in [0, 0.05) is 6.61 Å². The third-order valence-electron chi connectivity index (χ3n) is 2.50. The largest absolute Gasteiger partial charge is 0.496 e. The first kappa shape index (κ1) is 9.49. The summed E-state index contributed by atoms with van der Waals surface area (Å²) in [5.41, 5.74) is 3.47. The molecule has 0 radical (unpaired) electrons. The number of rotatable bonds is 3. The van der Waals surface area contributed by atoms with Crippen LogP contribution in [0.1, 0.15) is 16.7 Å². The van der Waals surface area contributed by atoms with E-state index in [1.807, 2.05) is 6.07 Å². The number of benzene rings is 1. The number of methoxy groups -OCH3 is 1. The molecule has 3 nitrogen and oxygen atoms in total. The molecule has 0 fully saturated rings. The summed E-state index contributed by atoms with van der Waals surface area (Å²) >= 11 is 0. The first-order chi connectivity index (χ1) is 6.85. The van der Waals surface area contributed by atoms with E-state index < -0.39 is 0 Å². The number of fused-ring (bicyclic) bond motifs is 1. The number of aliphatic hydroxyl groups is 1. The van der Waals surface area contributed by atoms with E-state index in [-0.39, 0.29) is 6.61 Å². The smallest absolute Gasteiger partial charge is 0.122 e. The lowest BCUT2D eigenvalue weighted by Gasteiger charge is -2.09. The van der Waals surface area contributed by atoms with E-state index in [4.69, 9.17) is 14.6 Å². The molecule has 2 rings (SSSR count). The fraction of sp³-hybridized carbons (Fsp3) is 0.455. The molecule has 3 heteroatoms. The Bertz CT molecular complexity index is 334. The van der Waals surface area contributed by atoms with E-state index in [9.17, 15) is 0 Å². The topological polar surface area (TPSA) is 38.7 Å². The number of hydrogen-bond acceptors (Lipinski definition) is 3. The van der Waals surface area contributed by atoms with Gasteiger partial charge >= 0.3 is 0 Å². The molecule has 0 bridgehead atoms. The van der Waals surface area contributed by atoms with Crippen molar-refractivity contribution in [3.63, 3.8) is 0 Å². The minimum atomic E-state index is 0.149. The lowest BCUT2D eigenvalue weighted by Crippen LogP contribution is -1.98. The van der Waals surface area contributed by atoms with Crippen molar-refractivity contribution in [2.75, 3.05) is 13.7 Å². The van der Waals surface area contributed by atoms with Crippen LogP contribution < -0.4 is 4.74 Å². The highest BCUT2D eigenvalue weighted by Gasteiger charge is 2.15. The standard InChI is InChI=1S/C11H14O3/c1-13-11-5-10-7-14-6-9(10)4-8(11)2-3-12/h4-5,12H,2-3,6-7H2,1H3. The summed E-state index contributed by atoms with van der Waals surface area (Å²) < 4.78 is 10.6. The summed E-state index contributed by atoms with van der Waals surface area (Å²) in [6.45, 7) is 1.50. The van der Waals surface area contributed by atoms with Gasteiger partial charge < -0.3 is 14.6 Å². The third-order valence-corrected chi connectivity index (χ3v) is 2.50. The van der Waals surface area contributed by atoms with Crippen LogP contribution in [0.4, 0.5) is 0 Å². The number of aliphatic hydroxyl groups excluding tert-OH is 1. The van der Waals surface area contributed by atoms with E-state index >= 15 is 0 Å². The van der Waals surface area contributed by atoms with E-state index in [0.717, 1.165) is 11.3 Å². The molecule has 14 heavy (non-hydrogen) atoms. The molecule has 1 aromatic carbocycles. The molecule has 0 saturated carbocycles. The van der Waals surface area contributed by atoms with Crippen molar-refractivity contribution in [2.24, 2.45) is 0 Å². The molecule has 0 amide bonds. The minimum absolute atomic E-state index is 0.149. The molecule has 0 aliphatic carbocycles. The van der Waals surface area contributed by atoms with Gasteiger partial charge in [-0.2, -0.15) is 0 Å². The third kappa shape index (κ3) is 1.61. The van der Waals surface area contributed by atoms with Crippen LogP contribution in [0, 0.1) is 0 Å². The summed E-state index contributed by atoms with van der Waals surface area (Å²) in [7, 11) is 1.65. The molecule has 0 aromatic heterocycles. The lowest BCUT2D eigenvalue weighted by molar-refractivity contribution is 0.134. The molecule has 76 valence electrons.